The van der Waals surface area contributed by atoms with Gasteiger partial charge in [0.1, 0.15) is 5.82 Å². The molecule has 0 saturated carbocycles. The molecule has 2 unspecified atom stereocenters. The van der Waals surface area contributed by atoms with Crippen LogP contribution >= 0.6 is 0 Å². The molecular weight excluding hydrogens is 219 g/mol. The van der Waals surface area contributed by atoms with Gasteiger partial charge < -0.3 is 4.74 Å². The minimum atomic E-state index is -0.210. The first-order valence-electron chi connectivity index (χ1n) is 5.87. The van der Waals surface area contributed by atoms with Gasteiger partial charge in [-0.15, -0.1) is 0 Å². The summed E-state index contributed by atoms with van der Waals surface area (Å²) in [6.45, 7) is 2.86. The van der Waals surface area contributed by atoms with Crippen LogP contribution in [-0.4, -0.2) is 19.8 Å². The Morgan fingerprint density at radius 1 is 1.35 bits per heavy atom. The molecule has 1 aromatic rings. The van der Waals surface area contributed by atoms with Gasteiger partial charge in [-0.05, 0) is 36.5 Å². The van der Waals surface area contributed by atoms with E-state index in [4.69, 9.17) is 10.6 Å². The largest absolute Gasteiger partial charge is 0.385 e. The molecule has 0 amide bonds. The van der Waals surface area contributed by atoms with Gasteiger partial charge in [0.05, 0.1) is 0 Å². The van der Waals surface area contributed by atoms with Crippen molar-refractivity contribution in [2.24, 2.45) is 11.8 Å². The fourth-order valence-electron chi connectivity index (χ4n) is 1.80. The maximum absolute atomic E-state index is 12.8. The number of rotatable bonds is 7. The minimum Gasteiger partial charge on any atom is -0.385 e. The van der Waals surface area contributed by atoms with Gasteiger partial charge in [-0.25, -0.2) is 4.39 Å². The number of nitrogens with two attached hydrogens (primary N) is 1. The molecule has 0 aliphatic heterocycles. The van der Waals surface area contributed by atoms with Gasteiger partial charge in [-0.2, -0.15) is 0 Å². The van der Waals surface area contributed by atoms with Crippen molar-refractivity contribution in [2.45, 2.75) is 25.8 Å². The molecule has 0 radical (unpaired) electrons. The van der Waals surface area contributed by atoms with Crippen LogP contribution in [0.4, 0.5) is 4.39 Å². The van der Waals surface area contributed by atoms with Crippen LogP contribution in [0.25, 0.3) is 0 Å². The lowest BCUT2D eigenvalue weighted by molar-refractivity contribution is 0.170. The lowest BCUT2D eigenvalue weighted by Crippen LogP contribution is -2.41. The number of ether oxygens (including phenoxy) is 1. The summed E-state index contributed by atoms with van der Waals surface area (Å²) in [5, 5.41) is 0. The summed E-state index contributed by atoms with van der Waals surface area (Å²) in [5.41, 5.74) is 3.91. The van der Waals surface area contributed by atoms with E-state index in [-0.39, 0.29) is 11.9 Å². The highest BCUT2D eigenvalue weighted by molar-refractivity contribution is 5.17. The molecule has 1 rings (SSSR count). The van der Waals surface area contributed by atoms with E-state index in [1.165, 1.54) is 12.1 Å². The van der Waals surface area contributed by atoms with E-state index in [1.807, 2.05) is 0 Å². The number of hydrazine groups is 1. The maximum atomic E-state index is 12.8. The van der Waals surface area contributed by atoms with Crippen molar-refractivity contribution in [3.63, 3.8) is 0 Å². The van der Waals surface area contributed by atoms with Crippen molar-refractivity contribution >= 4 is 0 Å². The van der Waals surface area contributed by atoms with Crippen LogP contribution in [0.3, 0.4) is 0 Å². The van der Waals surface area contributed by atoms with Crippen LogP contribution in [0.15, 0.2) is 24.3 Å². The number of methoxy groups -OCH3 is 1. The van der Waals surface area contributed by atoms with Crippen molar-refractivity contribution in [3.8, 4) is 0 Å². The first-order valence-corrected chi connectivity index (χ1v) is 5.87. The molecule has 96 valence electrons. The SMILES string of the molecule is COCCC(C)C(Cc1ccc(F)cc1)NN. The topological polar surface area (TPSA) is 47.3 Å². The summed E-state index contributed by atoms with van der Waals surface area (Å²) >= 11 is 0. The van der Waals surface area contributed by atoms with E-state index < -0.39 is 0 Å². The van der Waals surface area contributed by atoms with E-state index in [1.54, 1.807) is 19.2 Å². The minimum absolute atomic E-state index is 0.176. The molecule has 17 heavy (non-hydrogen) atoms. The van der Waals surface area contributed by atoms with Gasteiger partial charge >= 0.3 is 0 Å². The number of benzene rings is 1. The molecule has 4 heteroatoms. The van der Waals surface area contributed by atoms with Crippen LogP contribution in [-0.2, 0) is 11.2 Å². The second-order valence-electron chi connectivity index (χ2n) is 4.36. The standard InChI is InChI=1S/C13H21FN2O/c1-10(7-8-17-2)13(16-15)9-11-3-5-12(14)6-4-11/h3-6,10,13,16H,7-9,15H2,1-2H3. The van der Waals surface area contributed by atoms with Crippen molar-refractivity contribution in [1.82, 2.24) is 5.43 Å². The Kier molecular flexibility index (Phi) is 6.11. The predicted molar refractivity (Wildman–Crippen MR) is 66.9 cm³/mol. The molecule has 3 N–H and O–H groups in total. The van der Waals surface area contributed by atoms with Gasteiger partial charge in [0.2, 0.25) is 0 Å². The molecule has 0 heterocycles. The van der Waals surface area contributed by atoms with Gasteiger partial charge in [0.15, 0.2) is 0 Å². The Hall–Kier alpha value is -0.970. The van der Waals surface area contributed by atoms with Crippen LogP contribution in [0.5, 0.6) is 0 Å². The fraction of sp³-hybridized carbons (Fsp3) is 0.538. The van der Waals surface area contributed by atoms with Crippen molar-refractivity contribution in [1.29, 1.82) is 0 Å². The van der Waals surface area contributed by atoms with Crippen molar-refractivity contribution < 1.29 is 9.13 Å². The predicted octanol–water partition coefficient (Wildman–Crippen LogP) is 1.87. The van der Waals surface area contributed by atoms with E-state index in [9.17, 15) is 4.39 Å². The zero-order chi connectivity index (χ0) is 12.7. The van der Waals surface area contributed by atoms with E-state index in [0.29, 0.717) is 5.92 Å². The zero-order valence-electron chi connectivity index (χ0n) is 10.4. The molecule has 0 aliphatic carbocycles. The quantitative estimate of drug-likeness (QED) is 0.565. The Labute approximate surface area is 102 Å². The third kappa shape index (κ3) is 4.81. The van der Waals surface area contributed by atoms with Crippen LogP contribution in [0, 0.1) is 11.7 Å². The molecule has 0 bridgehead atoms. The summed E-state index contributed by atoms with van der Waals surface area (Å²) in [6, 6.07) is 6.72. The highest BCUT2D eigenvalue weighted by atomic mass is 19.1. The van der Waals surface area contributed by atoms with Crippen molar-refractivity contribution in [2.75, 3.05) is 13.7 Å². The zero-order valence-corrected chi connectivity index (χ0v) is 10.4. The van der Waals surface area contributed by atoms with E-state index in [2.05, 4.69) is 12.3 Å². The summed E-state index contributed by atoms with van der Waals surface area (Å²) in [6.07, 6.45) is 1.74. The first-order chi connectivity index (χ1) is 8.17. The molecule has 0 aromatic heterocycles. The fourth-order valence-corrected chi connectivity index (χ4v) is 1.80. The molecule has 2 atom stereocenters. The van der Waals surface area contributed by atoms with Gasteiger partial charge in [-0.3, -0.25) is 11.3 Å². The van der Waals surface area contributed by atoms with E-state index >= 15 is 0 Å². The number of halogens is 1. The Morgan fingerprint density at radius 2 is 2.00 bits per heavy atom. The third-order valence-electron chi connectivity index (χ3n) is 3.05. The lowest BCUT2D eigenvalue weighted by atomic mass is 9.93. The molecule has 0 saturated heterocycles. The number of hydrogen-bond acceptors (Lipinski definition) is 3. The average molecular weight is 240 g/mol. The summed E-state index contributed by atoms with van der Waals surface area (Å²) < 4.78 is 17.8. The van der Waals surface area contributed by atoms with Crippen LogP contribution in [0.2, 0.25) is 0 Å². The van der Waals surface area contributed by atoms with Crippen LogP contribution < -0.4 is 11.3 Å². The van der Waals surface area contributed by atoms with Gasteiger partial charge in [0.25, 0.3) is 0 Å². The lowest BCUT2D eigenvalue weighted by Gasteiger charge is -2.23. The highest BCUT2D eigenvalue weighted by Crippen LogP contribution is 2.14. The first kappa shape index (κ1) is 14.1. The van der Waals surface area contributed by atoms with Crippen LogP contribution in [0.1, 0.15) is 18.9 Å². The molecule has 3 nitrogen and oxygen atoms in total. The normalized spacial score (nSPS) is 14.6. The van der Waals surface area contributed by atoms with E-state index in [0.717, 1.165) is 25.0 Å². The molecule has 0 aliphatic rings. The molecule has 0 spiro atoms. The highest BCUT2D eigenvalue weighted by Gasteiger charge is 2.16. The summed E-state index contributed by atoms with van der Waals surface area (Å²) in [4.78, 5) is 0. The van der Waals surface area contributed by atoms with Crippen molar-refractivity contribution in [3.05, 3.63) is 35.6 Å². The maximum Gasteiger partial charge on any atom is 0.123 e. The Morgan fingerprint density at radius 3 is 2.53 bits per heavy atom. The molecule has 1 aromatic carbocycles. The third-order valence-corrected chi connectivity index (χ3v) is 3.05. The Balaban J connectivity index is 2.53. The average Bonchev–Trinajstić information content (AvgIpc) is 2.35. The van der Waals surface area contributed by atoms with Gasteiger partial charge in [-0.1, -0.05) is 19.1 Å². The number of hydrogen-bond donors (Lipinski definition) is 2. The summed E-state index contributed by atoms with van der Waals surface area (Å²) in [5.74, 6) is 5.76. The monoisotopic (exact) mass is 240 g/mol. The molecule has 0 fully saturated rings. The number of nitrogens with one attached hydrogen (secondary N) is 1. The molecular formula is C13H21FN2O. The smallest absolute Gasteiger partial charge is 0.123 e. The summed E-state index contributed by atoms with van der Waals surface area (Å²) in [7, 11) is 1.69. The van der Waals surface area contributed by atoms with Gasteiger partial charge in [0, 0.05) is 19.8 Å². The second-order valence-corrected chi connectivity index (χ2v) is 4.36. The second kappa shape index (κ2) is 7.37. The Bertz CT molecular complexity index is 316.